The molecule has 0 heterocycles. The highest BCUT2D eigenvalue weighted by Crippen LogP contribution is 2.47. The molecule has 0 aromatic heterocycles. The summed E-state index contributed by atoms with van der Waals surface area (Å²) < 4.78 is 95.6. The predicted molar refractivity (Wildman–Crippen MR) is 95.8 cm³/mol. The van der Waals surface area contributed by atoms with Gasteiger partial charge in [0, 0.05) is 5.02 Å². The van der Waals surface area contributed by atoms with Crippen LogP contribution >= 0.6 is 19.3 Å². The van der Waals surface area contributed by atoms with E-state index >= 15 is 0 Å². The van der Waals surface area contributed by atoms with Crippen molar-refractivity contribution < 1.29 is 45.1 Å². The molecular formula is C17H14ClF5NO5P. The number of hydrogen-bond acceptors (Lipinski definition) is 5. The van der Waals surface area contributed by atoms with Crippen LogP contribution in [0.4, 0.5) is 22.0 Å². The second-order valence-electron chi connectivity index (χ2n) is 5.64. The molecule has 2 atom stereocenters. The molecule has 1 N–H and O–H groups in total. The van der Waals surface area contributed by atoms with Crippen molar-refractivity contribution in [2.45, 2.75) is 19.9 Å². The Kier molecular flexibility index (Phi) is 7.68. The Morgan fingerprint density at radius 2 is 1.50 bits per heavy atom. The lowest BCUT2D eigenvalue weighted by atomic mass is 10.3. The molecule has 0 spiro atoms. The van der Waals surface area contributed by atoms with Gasteiger partial charge in [-0.1, -0.05) is 11.6 Å². The van der Waals surface area contributed by atoms with Crippen molar-refractivity contribution in [3.05, 3.63) is 58.4 Å². The van der Waals surface area contributed by atoms with Gasteiger partial charge in [0.1, 0.15) is 11.8 Å². The highest BCUT2D eigenvalue weighted by molar-refractivity contribution is 7.52. The number of esters is 1. The fourth-order valence-corrected chi connectivity index (χ4v) is 3.70. The Labute approximate surface area is 172 Å². The van der Waals surface area contributed by atoms with E-state index in [1.54, 1.807) is 0 Å². The van der Waals surface area contributed by atoms with Gasteiger partial charge in [-0.2, -0.15) is 13.9 Å². The van der Waals surface area contributed by atoms with Gasteiger partial charge in [-0.3, -0.25) is 4.79 Å². The van der Waals surface area contributed by atoms with Crippen molar-refractivity contribution in [2.75, 3.05) is 6.61 Å². The summed E-state index contributed by atoms with van der Waals surface area (Å²) in [6, 6.07) is 3.56. The monoisotopic (exact) mass is 473 g/mol. The van der Waals surface area contributed by atoms with Gasteiger partial charge in [-0.05, 0) is 38.1 Å². The van der Waals surface area contributed by atoms with Crippen molar-refractivity contribution >= 4 is 25.3 Å². The maximum atomic E-state index is 14.0. The number of benzene rings is 2. The lowest BCUT2D eigenvalue weighted by molar-refractivity contribution is -0.144. The second-order valence-corrected chi connectivity index (χ2v) is 7.69. The zero-order chi connectivity index (χ0) is 22.6. The topological polar surface area (TPSA) is 73.9 Å². The molecule has 2 aromatic carbocycles. The quantitative estimate of drug-likeness (QED) is 0.188. The molecule has 0 saturated carbocycles. The van der Waals surface area contributed by atoms with Crippen LogP contribution in [0.25, 0.3) is 0 Å². The lowest BCUT2D eigenvalue weighted by Gasteiger charge is -2.23. The third-order valence-corrected chi connectivity index (χ3v) is 5.24. The maximum absolute atomic E-state index is 14.0. The molecule has 0 saturated heterocycles. The average Bonchev–Trinajstić information content (AvgIpc) is 2.70. The molecule has 6 nitrogen and oxygen atoms in total. The van der Waals surface area contributed by atoms with E-state index in [-0.39, 0.29) is 17.4 Å². The van der Waals surface area contributed by atoms with Crippen LogP contribution in [0.3, 0.4) is 0 Å². The van der Waals surface area contributed by atoms with Crippen LogP contribution < -0.4 is 14.1 Å². The number of carbonyl (C=O) groups excluding carboxylic acids is 1. The highest BCUT2D eigenvalue weighted by Gasteiger charge is 2.38. The van der Waals surface area contributed by atoms with Crippen LogP contribution in [0.2, 0.25) is 5.02 Å². The normalized spacial score (nSPS) is 14.0. The van der Waals surface area contributed by atoms with Crippen molar-refractivity contribution in [2.24, 2.45) is 0 Å². The molecule has 0 amide bonds. The maximum Gasteiger partial charge on any atom is 0.513 e. The van der Waals surface area contributed by atoms with Gasteiger partial charge in [-0.25, -0.2) is 17.7 Å². The summed E-state index contributed by atoms with van der Waals surface area (Å²) in [6.07, 6.45) is 0. The van der Waals surface area contributed by atoms with Crippen molar-refractivity contribution in [3.63, 3.8) is 0 Å². The minimum Gasteiger partial charge on any atom is -0.465 e. The van der Waals surface area contributed by atoms with E-state index in [4.69, 9.17) is 20.9 Å². The largest absolute Gasteiger partial charge is 0.513 e. The van der Waals surface area contributed by atoms with E-state index in [0.29, 0.717) is 0 Å². The van der Waals surface area contributed by atoms with Crippen LogP contribution in [0.5, 0.6) is 11.5 Å². The Morgan fingerprint density at radius 3 is 2.00 bits per heavy atom. The minimum atomic E-state index is -4.95. The third kappa shape index (κ3) is 5.41. The first-order valence-electron chi connectivity index (χ1n) is 8.19. The summed E-state index contributed by atoms with van der Waals surface area (Å²) >= 11 is 5.71. The first-order valence-corrected chi connectivity index (χ1v) is 10.1. The molecule has 0 aliphatic heterocycles. The molecule has 0 fully saturated rings. The summed E-state index contributed by atoms with van der Waals surface area (Å²) in [5.41, 5.74) is 0. The molecule has 0 radical (unpaired) electrons. The molecule has 30 heavy (non-hydrogen) atoms. The molecule has 0 bridgehead atoms. The number of hydrogen-bond donors (Lipinski definition) is 1. The molecule has 2 unspecified atom stereocenters. The smallest absolute Gasteiger partial charge is 0.465 e. The van der Waals surface area contributed by atoms with Gasteiger partial charge >= 0.3 is 13.7 Å². The van der Waals surface area contributed by atoms with Crippen LogP contribution in [0, 0.1) is 29.1 Å². The van der Waals surface area contributed by atoms with E-state index in [0.717, 1.165) is 6.92 Å². The minimum absolute atomic E-state index is 0.0499. The first-order chi connectivity index (χ1) is 14.0. The summed E-state index contributed by atoms with van der Waals surface area (Å²) in [5.74, 6) is -14.8. The number of nitrogens with one attached hydrogen (secondary N) is 1. The fraction of sp³-hybridized carbons (Fsp3) is 0.235. The Morgan fingerprint density at radius 1 is 1.00 bits per heavy atom. The number of rotatable bonds is 8. The Balaban J connectivity index is 2.47. The van der Waals surface area contributed by atoms with Crippen molar-refractivity contribution in [1.82, 2.24) is 5.09 Å². The Bertz CT molecular complexity index is 962. The fourth-order valence-electron chi connectivity index (χ4n) is 2.05. The van der Waals surface area contributed by atoms with Crippen LogP contribution in [0.1, 0.15) is 13.8 Å². The van der Waals surface area contributed by atoms with E-state index < -0.39 is 54.6 Å². The van der Waals surface area contributed by atoms with E-state index in [1.165, 1.54) is 31.2 Å². The summed E-state index contributed by atoms with van der Waals surface area (Å²) in [4.78, 5) is 11.8. The molecule has 0 aliphatic carbocycles. The van der Waals surface area contributed by atoms with E-state index in [1.807, 2.05) is 5.09 Å². The highest BCUT2D eigenvalue weighted by atomic mass is 35.5. The van der Waals surface area contributed by atoms with Crippen LogP contribution in [0.15, 0.2) is 24.3 Å². The zero-order valence-corrected chi connectivity index (χ0v) is 17.0. The molecule has 0 aliphatic rings. The zero-order valence-electron chi connectivity index (χ0n) is 15.4. The molecule has 164 valence electrons. The lowest BCUT2D eigenvalue weighted by Crippen LogP contribution is -2.36. The summed E-state index contributed by atoms with van der Waals surface area (Å²) in [5, 5.41) is 2.28. The van der Waals surface area contributed by atoms with Gasteiger partial charge in [0.25, 0.3) is 0 Å². The number of carbonyl (C=O) groups is 1. The Hall–Kier alpha value is -2.36. The van der Waals surface area contributed by atoms with Crippen LogP contribution in [-0.2, 0) is 14.1 Å². The predicted octanol–water partition coefficient (Wildman–Crippen LogP) is 5.14. The van der Waals surface area contributed by atoms with E-state index in [2.05, 4.69) is 4.52 Å². The van der Waals surface area contributed by atoms with Crippen molar-refractivity contribution in [3.8, 4) is 11.5 Å². The van der Waals surface area contributed by atoms with Crippen LogP contribution in [-0.4, -0.2) is 18.6 Å². The summed E-state index contributed by atoms with van der Waals surface area (Å²) in [6.45, 7) is 2.59. The first kappa shape index (κ1) is 23.9. The van der Waals surface area contributed by atoms with Gasteiger partial charge in [0.05, 0.1) is 6.61 Å². The molecular weight excluding hydrogens is 460 g/mol. The van der Waals surface area contributed by atoms with Gasteiger partial charge in [-0.15, -0.1) is 0 Å². The molecule has 13 heteroatoms. The molecule has 2 rings (SSSR count). The third-order valence-electron chi connectivity index (χ3n) is 3.41. The summed E-state index contributed by atoms with van der Waals surface area (Å²) in [7, 11) is -4.95. The second kappa shape index (κ2) is 9.63. The SMILES string of the molecule is CCOC(=O)C(C)NP(=O)(Oc1ccc(Cl)cc1)Oc1c(F)c(F)c(F)c(F)c1F. The standard InChI is InChI=1S/C17H14ClF5NO5P/c1-3-27-17(25)8(2)24-30(26,28-10-6-4-9(18)5-7-10)29-16-14(22)12(20)11(19)13(21)15(16)23/h4-8H,3H2,1-2H3,(H,24,26). The van der Waals surface area contributed by atoms with Gasteiger partial charge in [0.15, 0.2) is 0 Å². The number of ether oxygens (including phenoxy) is 1. The van der Waals surface area contributed by atoms with E-state index in [9.17, 15) is 31.3 Å². The molecule has 2 aromatic rings. The van der Waals surface area contributed by atoms with Gasteiger partial charge < -0.3 is 13.8 Å². The van der Waals surface area contributed by atoms with Gasteiger partial charge in [0.2, 0.25) is 34.8 Å². The number of halogens is 6. The average molecular weight is 474 g/mol. The van der Waals surface area contributed by atoms with Crippen molar-refractivity contribution in [1.29, 1.82) is 0 Å².